The lowest BCUT2D eigenvalue weighted by Gasteiger charge is -1.99. The second-order valence-corrected chi connectivity index (χ2v) is 2.57. The minimum absolute atomic E-state index is 0.304. The second kappa shape index (κ2) is 2.91. The minimum atomic E-state index is 0.304. The maximum Gasteiger partial charge on any atom is 0.219 e. The SMILES string of the molecule is Nc1ncc(C2=CCOC2)cn1. The standard InChI is InChI=1S/C8H9N3O/c9-8-10-3-7(4-11-8)6-1-2-12-5-6/h1,3-4H,2,5H2,(H2,9,10,11). The summed E-state index contributed by atoms with van der Waals surface area (Å²) in [6.07, 6.45) is 5.45. The molecule has 1 aromatic heterocycles. The zero-order chi connectivity index (χ0) is 8.39. The summed E-state index contributed by atoms with van der Waals surface area (Å²) in [5.41, 5.74) is 7.47. The third-order valence-corrected chi connectivity index (χ3v) is 1.75. The van der Waals surface area contributed by atoms with E-state index in [0.29, 0.717) is 19.2 Å². The number of hydrogen-bond donors (Lipinski definition) is 1. The van der Waals surface area contributed by atoms with Gasteiger partial charge in [0.1, 0.15) is 0 Å². The number of rotatable bonds is 1. The van der Waals surface area contributed by atoms with Crippen molar-refractivity contribution in [2.75, 3.05) is 18.9 Å². The summed E-state index contributed by atoms with van der Waals surface area (Å²) in [6.45, 7) is 1.33. The van der Waals surface area contributed by atoms with Gasteiger partial charge >= 0.3 is 0 Å². The van der Waals surface area contributed by atoms with Gasteiger partial charge in [0.05, 0.1) is 13.2 Å². The lowest BCUT2D eigenvalue weighted by atomic mass is 10.1. The van der Waals surface area contributed by atoms with Crippen molar-refractivity contribution in [1.82, 2.24) is 9.97 Å². The van der Waals surface area contributed by atoms with Crippen LogP contribution in [0.3, 0.4) is 0 Å². The Labute approximate surface area is 70.1 Å². The Hall–Kier alpha value is -1.42. The Balaban J connectivity index is 2.28. The fourth-order valence-corrected chi connectivity index (χ4v) is 1.09. The Morgan fingerprint density at radius 1 is 1.33 bits per heavy atom. The van der Waals surface area contributed by atoms with Crippen LogP contribution in [0.4, 0.5) is 5.95 Å². The fraction of sp³-hybridized carbons (Fsp3) is 0.250. The molecule has 2 heterocycles. The third kappa shape index (κ3) is 1.29. The molecule has 2 rings (SSSR count). The van der Waals surface area contributed by atoms with Gasteiger partial charge in [-0.3, -0.25) is 0 Å². The van der Waals surface area contributed by atoms with E-state index < -0.39 is 0 Å². The first kappa shape index (κ1) is 7.24. The molecule has 1 aliphatic heterocycles. The van der Waals surface area contributed by atoms with E-state index in [1.54, 1.807) is 12.4 Å². The summed E-state index contributed by atoms with van der Waals surface area (Å²) in [7, 11) is 0. The number of nitrogen functional groups attached to an aromatic ring is 1. The van der Waals surface area contributed by atoms with Crippen molar-refractivity contribution in [2.24, 2.45) is 0 Å². The fourth-order valence-electron chi connectivity index (χ4n) is 1.09. The highest BCUT2D eigenvalue weighted by Crippen LogP contribution is 2.16. The third-order valence-electron chi connectivity index (χ3n) is 1.75. The first-order valence-corrected chi connectivity index (χ1v) is 3.71. The number of nitrogens with two attached hydrogens (primary N) is 1. The van der Waals surface area contributed by atoms with Gasteiger partial charge in [-0.2, -0.15) is 0 Å². The van der Waals surface area contributed by atoms with Crippen molar-refractivity contribution in [2.45, 2.75) is 0 Å². The average Bonchev–Trinajstić information content (AvgIpc) is 2.58. The van der Waals surface area contributed by atoms with E-state index in [0.717, 1.165) is 11.1 Å². The molecular formula is C8H9N3O. The Morgan fingerprint density at radius 3 is 2.67 bits per heavy atom. The van der Waals surface area contributed by atoms with Gasteiger partial charge in [0, 0.05) is 18.0 Å². The van der Waals surface area contributed by atoms with Crippen LogP contribution < -0.4 is 5.73 Å². The molecule has 0 saturated carbocycles. The van der Waals surface area contributed by atoms with E-state index in [9.17, 15) is 0 Å². The molecule has 0 amide bonds. The van der Waals surface area contributed by atoms with Crippen LogP contribution in [0.5, 0.6) is 0 Å². The van der Waals surface area contributed by atoms with E-state index >= 15 is 0 Å². The lowest BCUT2D eigenvalue weighted by molar-refractivity contribution is 0.216. The van der Waals surface area contributed by atoms with Crippen LogP contribution in [0.1, 0.15) is 5.56 Å². The molecule has 0 bridgehead atoms. The molecule has 4 nitrogen and oxygen atoms in total. The van der Waals surface area contributed by atoms with Gasteiger partial charge in [-0.05, 0) is 5.57 Å². The van der Waals surface area contributed by atoms with E-state index in [4.69, 9.17) is 10.5 Å². The van der Waals surface area contributed by atoms with Gasteiger partial charge < -0.3 is 10.5 Å². The molecule has 2 N–H and O–H groups in total. The van der Waals surface area contributed by atoms with Gasteiger partial charge in [-0.1, -0.05) is 6.08 Å². The number of aromatic nitrogens is 2. The van der Waals surface area contributed by atoms with Gasteiger partial charge in [-0.15, -0.1) is 0 Å². The first-order valence-electron chi connectivity index (χ1n) is 3.71. The molecule has 0 radical (unpaired) electrons. The van der Waals surface area contributed by atoms with E-state index in [1.165, 1.54) is 0 Å². The molecular weight excluding hydrogens is 154 g/mol. The molecule has 62 valence electrons. The molecule has 0 aromatic carbocycles. The van der Waals surface area contributed by atoms with Crippen LogP contribution in [0, 0.1) is 0 Å². The number of anilines is 1. The molecule has 1 aliphatic rings. The molecule has 12 heavy (non-hydrogen) atoms. The predicted octanol–water partition coefficient (Wildman–Crippen LogP) is 0.472. The molecule has 0 saturated heterocycles. The summed E-state index contributed by atoms with van der Waals surface area (Å²) < 4.78 is 5.16. The quantitative estimate of drug-likeness (QED) is 0.653. The number of hydrogen-bond acceptors (Lipinski definition) is 4. The zero-order valence-electron chi connectivity index (χ0n) is 6.53. The number of nitrogens with zero attached hydrogens (tertiary/aromatic N) is 2. The van der Waals surface area contributed by atoms with Crippen LogP contribution in [0.25, 0.3) is 5.57 Å². The van der Waals surface area contributed by atoms with Crippen LogP contribution >= 0.6 is 0 Å². The van der Waals surface area contributed by atoms with E-state index in [1.807, 2.05) is 6.08 Å². The van der Waals surface area contributed by atoms with Crippen LogP contribution in [0.15, 0.2) is 18.5 Å². The smallest absolute Gasteiger partial charge is 0.219 e. The summed E-state index contributed by atoms with van der Waals surface area (Å²) in [5, 5.41) is 0. The van der Waals surface area contributed by atoms with Crippen LogP contribution in [-0.2, 0) is 4.74 Å². The van der Waals surface area contributed by atoms with Crippen molar-refractivity contribution >= 4 is 11.5 Å². The average molecular weight is 163 g/mol. The maximum absolute atomic E-state index is 5.35. The topological polar surface area (TPSA) is 61.0 Å². The molecule has 0 aliphatic carbocycles. The maximum atomic E-state index is 5.35. The molecule has 0 atom stereocenters. The Morgan fingerprint density at radius 2 is 2.08 bits per heavy atom. The van der Waals surface area contributed by atoms with Crippen LogP contribution in [0.2, 0.25) is 0 Å². The summed E-state index contributed by atoms with van der Waals surface area (Å²) >= 11 is 0. The highest BCUT2D eigenvalue weighted by molar-refractivity contribution is 5.66. The van der Waals surface area contributed by atoms with Gasteiger partial charge in [0.2, 0.25) is 5.95 Å². The Kier molecular flexibility index (Phi) is 1.75. The molecule has 0 fully saturated rings. The zero-order valence-corrected chi connectivity index (χ0v) is 6.53. The molecule has 0 spiro atoms. The van der Waals surface area contributed by atoms with Gasteiger partial charge in [-0.25, -0.2) is 9.97 Å². The molecule has 1 aromatic rings. The summed E-state index contributed by atoms with van der Waals surface area (Å²) in [6, 6.07) is 0. The first-order chi connectivity index (χ1) is 5.86. The minimum Gasteiger partial charge on any atom is -0.373 e. The van der Waals surface area contributed by atoms with Gasteiger partial charge in [0.15, 0.2) is 0 Å². The van der Waals surface area contributed by atoms with E-state index in [2.05, 4.69) is 9.97 Å². The normalized spacial score (nSPS) is 16.2. The predicted molar refractivity (Wildman–Crippen MR) is 45.2 cm³/mol. The van der Waals surface area contributed by atoms with Crippen LogP contribution in [-0.4, -0.2) is 23.2 Å². The highest BCUT2D eigenvalue weighted by atomic mass is 16.5. The van der Waals surface area contributed by atoms with E-state index in [-0.39, 0.29) is 0 Å². The summed E-state index contributed by atoms with van der Waals surface area (Å²) in [4.78, 5) is 7.79. The van der Waals surface area contributed by atoms with Crippen molar-refractivity contribution < 1.29 is 4.74 Å². The lowest BCUT2D eigenvalue weighted by Crippen LogP contribution is -1.96. The Bertz CT molecular complexity index is 305. The monoisotopic (exact) mass is 163 g/mol. The number of ether oxygens (including phenoxy) is 1. The van der Waals surface area contributed by atoms with Crippen molar-refractivity contribution in [1.29, 1.82) is 0 Å². The van der Waals surface area contributed by atoms with Crippen molar-refractivity contribution in [3.63, 3.8) is 0 Å². The second-order valence-electron chi connectivity index (χ2n) is 2.57. The van der Waals surface area contributed by atoms with Crippen molar-refractivity contribution in [3.8, 4) is 0 Å². The summed E-state index contributed by atoms with van der Waals surface area (Å²) in [5.74, 6) is 0.304. The molecule has 0 unspecified atom stereocenters. The van der Waals surface area contributed by atoms with Crippen molar-refractivity contribution in [3.05, 3.63) is 24.0 Å². The molecule has 4 heteroatoms. The largest absolute Gasteiger partial charge is 0.373 e. The van der Waals surface area contributed by atoms with Gasteiger partial charge in [0.25, 0.3) is 0 Å². The highest BCUT2D eigenvalue weighted by Gasteiger charge is 2.07.